The summed E-state index contributed by atoms with van der Waals surface area (Å²) in [5, 5.41) is 8.84. The normalized spacial score (nSPS) is 20.8. The van der Waals surface area contributed by atoms with Crippen LogP contribution < -0.4 is 27.4 Å². The molecule has 0 bridgehead atoms. The molecule has 0 aromatic heterocycles. The van der Waals surface area contributed by atoms with Gasteiger partial charge in [-0.25, -0.2) is 0 Å². The number of hydrogen-bond donors (Lipinski definition) is 5. The molecule has 36 heavy (non-hydrogen) atoms. The maximum atomic E-state index is 13.5. The highest BCUT2D eigenvalue weighted by atomic mass is 16.2. The van der Waals surface area contributed by atoms with E-state index in [1.807, 2.05) is 30.3 Å². The van der Waals surface area contributed by atoms with Crippen LogP contribution in [-0.4, -0.2) is 78.7 Å². The molecule has 0 aliphatic carbocycles. The highest BCUT2D eigenvalue weighted by molar-refractivity contribution is 5.94. The molecule has 0 unspecified atom stereocenters. The number of amides is 3. The molecule has 1 aromatic rings. The molecule has 3 amide bonds. The van der Waals surface area contributed by atoms with Gasteiger partial charge in [0.05, 0.1) is 12.1 Å². The first-order valence-electron chi connectivity index (χ1n) is 12.6. The Hall–Kier alpha value is -3.47. The number of likely N-dealkylation sites (tertiary alicyclic amines) is 1. The number of rotatable bonds is 12. The second-order valence-corrected chi connectivity index (χ2v) is 9.29. The highest BCUT2D eigenvalue weighted by Crippen LogP contribution is 2.18. The summed E-state index contributed by atoms with van der Waals surface area (Å²) in [6.45, 7) is 1.53. The first-order valence-corrected chi connectivity index (χ1v) is 12.6. The number of nitrogens with one attached hydrogen (secondary N) is 3. The molecule has 2 heterocycles. The fourth-order valence-electron chi connectivity index (χ4n) is 4.68. The molecule has 196 valence electrons. The molecule has 4 atom stereocenters. The predicted octanol–water partition coefficient (Wildman–Crippen LogP) is -0.806. The van der Waals surface area contributed by atoms with E-state index in [1.54, 1.807) is 0 Å². The Morgan fingerprint density at radius 1 is 1.11 bits per heavy atom. The van der Waals surface area contributed by atoms with Crippen LogP contribution in [0.1, 0.15) is 44.1 Å². The van der Waals surface area contributed by atoms with Gasteiger partial charge in [-0.2, -0.15) is 0 Å². The lowest BCUT2D eigenvalue weighted by Crippen LogP contribution is -2.57. The molecular weight excluding hydrogens is 462 g/mol. The molecular formula is C25H37N7O4. The van der Waals surface area contributed by atoms with Crippen molar-refractivity contribution < 1.29 is 19.2 Å². The summed E-state index contributed by atoms with van der Waals surface area (Å²) in [7, 11) is 0. The number of nitrogens with two attached hydrogens (primary N) is 2. The van der Waals surface area contributed by atoms with E-state index in [1.165, 1.54) is 4.90 Å². The lowest BCUT2D eigenvalue weighted by Gasteiger charge is -2.29. The van der Waals surface area contributed by atoms with Crippen LogP contribution in [0.5, 0.6) is 0 Å². The molecule has 1 aromatic carbocycles. The van der Waals surface area contributed by atoms with Gasteiger partial charge in [0.2, 0.25) is 17.7 Å². The first-order chi connectivity index (χ1) is 17.4. The molecule has 2 aliphatic heterocycles. The lowest BCUT2D eigenvalue weighted by molar-refractivity contribution is -0.139. The molecule has 0 radical (unpaired) electrons. The van der Waals surface area contributed by atoms with Crippen LogP contribution in [-0.2, 0) is 25.6 Å². The molecule has 2 fully saturated rings. The molecule has 0 spiro atoms. The third kappa shape index (κ3) is 7.77. The van der Waals surface area contributed by atoms with Crippen LogP contribution in [0.15, 0.2) is 35.3 Å². The zero-order valence-corrected chi connectivity index (χ0v) is 20.5. The summed E-state index contributed by atoms with van der Waals surface area (Å²) in [4.78, 5) is 56.6. The van der Waals surface area contributed by atoms with E-state index < -0.39 is 24.0 Å². The fourth-order valence-corrected chi connectivity index (χ4v) is 4.68. The summed E-state index contributed by atoms with van der Waals surface area (Å²) in [5.41, 5.74) is 11.7. The van der Waals surface area contributed by atoms with Crippen LogP contribution in [0.25, 0.3) is 0 Å². The number of nitrogens with zero attached hydrogens (tertiary/aromatic N) is 2. The third-order valence-corrected chi connectivity index (χ3v) is 6.59. The zero-order chi connectivity index (χ0) is 25.9. The Balaban J connectivity index is 1.75. The molecule has 7 N–H and O–H groups in total. The minimum absolute atomic E-state index is 0.0425. The summed E-state index contributed by atoms with van der Waals surface area (Å²) < 4.78 is 0. The van der Waals surface area contributed by atoms with E-state index in [-0.39, 0.29) is 30.2 Å². The zero-order valence-electron chi connectivity index (χ0n) is 20.5. The number of hydrogen-bond acceptors (Lipinski definition) is 6. The second-order valence-electron chi connectivity index (χ2n) is 9.29. The Kier molecular flexibility index (Phi) is 10.2. The number of aldehydes is 1. The van der Waals surface area contributed by atoms with Crippen molar-refractivity contribution in [2.75, 3.05) is 19.6 Å². The van der Waals surface area contributed by atoms with Crippen molar-refractivity contribution in [1.29, 1.82) is 0 Å². The van der Waals surface area contributed by atoms with Crippen LogP contribution in [0, 0.1) is 0 Å². The van der Waals surface area contributed by atoms with E-state index in [0.717, 1.165) is 31.2 Å². The topological polar surface area (TPSA) is 172 Å². The smallest absolute Gasteiger partial charge is 0.246 e. The Bertz CT molecular complexity index is 930. The van der Waals surface area contributed by atoms with Gasteiger partial charge in [-0.15, -0.1) is 0 Å². The predicted molar refractivity (Wildman–Crippen MR) is 136 cm³/mol. The van der Waals surface area contributed by atoms with Crippen LogP contribution in [0.2, 0.25) is 0 Å². The minimum Gasteiger partial charge on any atom is -0.370 e. The maximum absolute atomic E-state index is 13.5. The lowest BCUT2D eigenvalue weighted by atomic mass is 10.0. The van der Waals surface area contributed by atoms with E-state index in [0.29, 0.717) is 38.8 Å². The summed E-state index contributed by atoms with van der Waals surface area (Å²) in [6, 6.07) is 6.80. The standard InChI is InChI=1S/C25H37N7O4/c26-25(27)29-13-5-11-20(30-22(34)19-10-4-12-28-19)23(35)31-21(15-17-7-2-1-3-8-17)24(36)32-14-6-9-18(32)16-33/h1-3,7-8,16,18-21,28H,4-6,9-15H2,(H,30,34)(H,31,35)(H4,26,27,29)/t18-,19-,20-,21-/m0/s1. The first kappa shape index (κ1) is 27.1. The Labute approximate surface area is 211 Å². The SMILES string of the molecule is NC(N)=NCCC[C@H](NC(=O)[C@@H]1CCCN1)C(=O)N[C@@H](Cc1ccccc1)C(=O)N1CCC[C@H]1C=O. The monoisotopic (exact) mass is 499 g/mol. The Morgan fingerprint density at radius 2 is 1.89 bits per heavy atom. The number of guanidine groups is 1. The van der Waals surface area contributed by atoms with Crippen molar-refractivity contribution in [1.82, 2.24) is 20.9 Å². The number of carbonyl (C=O) groups is 4. The summed E-state index contributed by atoms with van der Waals surface area (Å²) in [6.07, 6.45) is 4.75. The van der Waals surface area contributed by atoms with Gasteiger partial charge in [0.1, 0.15) is 18.4 Å². The van der Waals surface area contributed by atoms with Crippen LogP contribution in [0.4, 0.5) is 0 Å². The van der Waals surface area contributed by atoms with Crippen molar-refractivity contribution in [3.8, 4) is 0 Å². The maximum Gasteiger partial charge on any atom is 0.246 e. The average Bonchev–Trinajstić information content (AvgIpc) is 3.57. The van der Waals surface area contributed by atoms with Gasteiger partial charge >= 0.3 is 0 Å². The van der Waals surface area contributed by atoms with Crippen molar-refractivity contribution in [2.45, 2.75) is 69.1 Å². The van der Waals surface area contributed by atoms with E-state index in [9.17, 15) is 19.2 Å². The van der Waals surface area contributed by atoms with Crippen LogP contribution in [0.3, 0.4) is 0 Å². The van der Waals surface area contributed by atoms with Crippen molar-refractivity contribution in [3.63, 3.8) is 0 Å². The van der Waals surface area contributed by atoms with Gasteiger partial charge in [0, 0.05) is 19.5 Å². The number of aliphatic imine (C=N–C) groups is 1. The van der Waals surface area contributed by atoms with Crippen LogP contribution >= 0.6 is 0 Å². The van der Waals surface area contributed by atoms with E-state index >= 15 is 0 Å². The Morgan fingerprint density at radius 3 is 2.56 bits per heavy atom. The number of carbonyl (C=O) groups excluding carboxylic acids is 4. The quantitative estimate of drug-likeness (QED) is 0.108. The minimum atomic E-state index is -0.873. The molecule has 11 heteroatoms. The highest BCUT2D eigenvalue weighted by Gasteiger charge is 2.35. The van der Waals surface area contributed by atoms with Crippen molar-refractivity contribution in [3.05, 3.63) is 35.9 Å². The largest absolute Gasteiger partial charge is 0.370 e. The summed E-state index contributed by atoms with van der Waals surface area (Å²) in [5.74, 6) is -1.05. The molecule has 2 saturated heterocycles. The van der Waals surface area contributed by atoms with Gasteiger partial charge < -0.3 is 37.1 Å². The third-order valence-electron chi connectivity index (χ3n) is 6.59. The molecule has 0 saturated carbocycles. The average molecular weight is 500 g/mol. The van der Waals surface area contributed by atoms with Gasteiger partial charge in [-0.1, -0.05) is 30.3 Å². The summed E-state index contributed by atoms with van der Waals surface area (Å²) >= 11 is 0. The molecule has 2 aliphatic rings. The van der Waals surface area contributed by atoms with Gasteiger partial charge in [0.15, 0.2) is 5.96 Å². The van der Waals surface area contributed by atoms with Gasteiger partial charge in [-0.3, -0.25) is 19.4 Å². The van der Waals surface area contributed by atoms with E-state index in [2.05, 4.69) is 20.9 Å². The van der Waals surface area contributed by atoms with E-state index in [4.69, 9.17) is 11.5 Å². The van der Waals surface area contributed by atoms with Gasteiger partial charge in [-0.05, 0) is 50.6 Å². The second kappa shape index (κ2) is 13.6. The fraction of sp³-hybridized carbons (Fsp3) is 0.560. The van der Waals surface area contributed by atoms with Crippen molar-refractivity contribution >= 4 is 30.0 Å². The van der Waals surface area contributed by atoms with Gasteiger partial charge in [0.25, 0.3) is 0 Å². The molecule has 11 nitrogen and oxygen atoms in total. The number of benzene rings is 1. The van der Waals surface area contributed by atoms with Crippen molar-refractivity contribution in [2.24, 2.45) is 16.5 Å². The molecule has 3 rings (SSSR count).